The van der Waals surface area contributed by atoms with E-state index in [4.69, 9.17) is 0 Å². The Labute approximate surface area is 126 Å². The quantitative estimate of drug-likeness (QED) is 0.539. The minimum Gasteiger partial charge on any atom is -0.237 e. The Hall–Kier alpha value is -0.820. The van der Waals surface area contributed by atoms with Crippen molar-refractivity contribution in [3.8, 4) is 0 Å². The molecule has 0 saturated heterocycles. The van der Waals surface area contributed by atoms with Gasteiger partial charge in [0.1, 0.15) is 0 Å². The van der Waals surface area contributed by atoms with Crippen molar-refractivity contribution in [1.29, 1.82) is 0 Å². The van der Waals surface area contributed by atoms with Crippen LogP contribution in [0.25, 0.3) is 0 Å². The Morgan fingerprint density at radius 3 is 2.05 bits per heavy atom. The zero-order chi connectivity index (χ0) is 14.8. The minimum absolute atomic E-state index is 0.365. The first-order valence-corrected chi connectivity index (χ1v) is 8.22. The lowest BCUT2D eigenvalue weighted by Gasteiger charge is -2.18. The molecule has 1 radical (unpaired) electrons. The van der Waals surface area contributed by atoms with Crippen molar-refractivity contribution in [1.82, 2.24) is 5.32 Å². The monoisotopic (exact) mass is 274 g/mol. The number of benzene rings is 1. The van der Waals surface area contributed by atoms with Crippen LogP contribution in [0.5, 0.6) is 0 Å². The van der Waals surface area contributed by atoms with Crippen LogP contribution in [0.3, 0.4) is 0 Å². The Kier molecular flexibility index (Phi) is 7.91. The predicted octanol–water partition coefficient (Wildman–Crippen LogP) is 5.35. The van der Waals surface area contributed by atoms with Gasteiger partial charge in [0.25, 0.3) is 0 Å². The molecule has 1 heteroatoms. The zero-order valence-electron chi connectivity index (χ0n) is 13.9. The van der Waals surface area contributed by atoms with Gasteiger partial charge in [0.15, 0.2) is 0 Å². The third-order valence-corrected chi connectivity index (χ3v) is 3.47. The summed E-state index contributed by atoms with van der Waals surface area (Å²) in [6.45, 7) is 11.0. The second kappa shape index (κ2) is 9.18. The maximum Gasteiger partial charge on any atom is 0.0384 e. The van der Waals surface area contributed by atoms with Gasteiger partial charge in [0.05, 0.1) is 0 Å². The number of nitrogens with zero attached hydrogens (tertiary/aromatic N) is 1. The van der Waals surface area contributed by atoms with Gasteiger partial charge in [-0.3, -0.25) is 0 Å². The third-order valence-electron chi connectivity index (χ3n) is 3.47. The highest BCUT2D eigenvalue weighted by atomic mass is 14.8. The summed E-state index contributed by atoms with van der Waals surface area (Å²) in [4.78, 5) is 0. The summed E-state index contributed by atoms with van der Waals surface area (Å²) in [6, 6.07) is 9.00. The van der Waals surface area contributed by atoms with Crippen molar-refractivity contribution < 1.29 is 0 Å². The molecule has 0 bridgehead atoms. The molecular formula is C19H32N. The molecule has 1 aromatic carbocycles. The Morgan fingerprint density at radius 2 is 1.45 bits per heavy atom. The molecule has 0 amide bonds. The highest BCUT2D eigenvalue weighted by molar-refractivity contribution is 5.23. The van der Waals surface area contributed by atoms with E-state index in [1.54, 1.807) is 0 Å². The van der Waals surface area contributed by atoms with Crippen LogP contribution in [0, 0.1) is 5.41 Å². The van der Waals surface area contributed by atoms with Crippen molar-refractivity contribution >= 4 is 0 Å². The molecule has 113 valence electrons. The molecule has 1 nitrogen and oxygen atoms in total. The molecule has 0 heterocycles. The molecule has 0 aromatic heterocycles. The van der Waals surface area contributed by atoms with Crippen molar-refractivity contribution in [2.24, 2.45) is 5.41 Å². The molecule has 0 aliphatic carbocycles. The van der Waals surface area contributed by atoms with Crippen molar-refractivity contribution in [3.63, 3.8) is 0 Å². The molecule has 0 saturated carbocycles. The Morgan fingerprint density at radius 1 is 0.850 bits per heavy atom. The number of unbranched alkanes of at least 4 members (excludes halogenated alkanes) is 4. The lowest BCUT2D eigenvalue weighted by Crippen LogP contribution is -2.09. The van der Waals surface area contributed by atoms with E-state index in [0.29, 0.717) is 5.41 Å². The van der Waals surface area contributed by atoms with E-state index in [-0.39, 0.29) is 0 Å². The van der Waals surface area contributed by atoms with Crippen molar-refractivity contribution in [2.45, 2.75) is 72.8 Å². The smallest absolute Gasteiger partial charge is 0.0384 e. The van der Waals surface area contributed by atoms with Crippen LogP contribution in [-0.4, -0.2) is 6.54 Å². The van der Waals surface area contributed by atoms with Gasteiger partial charge in [-0.2, -0.15) is 0 Å². The first kappa shape index (κ1) is 17.2. The first-order chi connectivity index (χ1) is 9.51. The second-order valence-electron chi connectivity index (χ2n) is 7.07. The zero-order valence-corrected chi connectivity index (χ0v) is 13.9. The van der Waals surface area contributed by atoms with Crippen LogP contribution >= 0.6 is 0 Å². The average Bonchev–Trinajstić information content (AvgIpc) is 2.38. The van der Waals surface area contributed by atoms with E-state index in [1.807, 2.05) is 0 Å². The molecule has 0 aliphatic heterocycles. The van der Waals surface area contributed by atoms with Gasteiger partial charge in [0, 0.05) is 13.1 Å². The van der Waals surface area contributed by atoms with E-state index in [9.17, 15) is 0 Å². The summed E-state index contributed by atoms with van der Waals surface area (Å²) in [7, 11) is 0. The number of hydrogen-bond donors (Lipinski definition) is 0. The van der Waals surface area contributed by atoms with E-state index >= 15 is 0 Å². The molecule has 0 fully saturated rings. The Bertz CT molecular complexity index is 345. The summed E-state index contributed by atoms with van der Waals surface area (Å²) in [5.74, 6) is 0. The summed E-state index contributed by atoms with van der Waals surface area (Å²) in [6.07, 6.45) is 7.78. The summed E-state index contributed by atoms with van der Waals surface area (Å²) in [5, 5.41) is 4.64. The van der Waals surface area contributed by atoms with Gasteiger partial charge in [-0.05, 0) is 29.4 Å². The maximum absolute atomic E-state index is 4.64. The molecule has 0 aliphatic rings. The van der Waals surface area contributed by atoms with Crippen LogP contribution in [0.2, 0.25) is 0 Å². The highest BCUT2D eigenvalue weighted by Crippen LogP contribution is 2.20. The van der Waals surface area contributed by atoms with Gasteiger partial charge >= 0.3 is 0 Å². The standard InChI is InChI=1S/C19H32N/c1-5-6-7-8-9-14-20-16-18-12-10-17(11-13-18)15-19(2,3)4/h10-13H,5-9,14-16H2,1-4H3. The molecule has 20 heavy (non-hydrogen) atoms. The Balaban J connectivity index is 2.18. The first-order valence-electron chi connectivity index (χ1n) is 8.22. The highest BCUT2D eigenvalue weighted by Gasteiger charge is 2.10. The van der Waals surface area contributed by atoms with Crippen LogP contribution in [-0.2, 0) is 13.0 Å². The van der Waals surface area contributed by atoms with E-state index < -0.39 is 0 Å². The topological polar surface area (TPSA) is 14.1 Å². The molecule has 1 rings (SSSR count). The van der Waals surface area contributed by atoms with Crippen molar-refractivity contribution in [2.75, 3.05) is 6.54 Å². The second-order valence-corrected chi connectivity index (χ2v) is 7.07. The lowest BCUT2D eigenvalue weighted by atomic mass is 9.88. The maximum atomic E-state index is 4.64. The van der Waals surface area contributed by atoms with E-state index in [0.717, 1.165) is 19.5 Å². The predicted molar refractivity (Wildman–Crippen MR) is 89.1 cm³/mol. The normalized spacial score (nSPS) is 11.8. The fourth-order valence-electron chi connectivity index (χ4n) is 2.41. The van der Waals surface area contributed by atoms with Crippen LogP contribution in [0.15, 0.2) is 24.3 Å². The largest absolute Gasteiger partial charge is 0.237 e. The molecule has 0 spiro atoms. The SMILES string of the molecule is CCCCCCC[N]Cc1ccc(CC(C)(C)C)cc1. The van der Waals surface area contributed by atoms with Crippen molar-refractivity contribution in [3.05, 3.63) is 35.4 Å². The average molecular weight is 274 g/mol. The van der Waals surface area contributed by atoms with Gasteiger partial charge < -0.3 is 0 Å². The van der Waals surface area contributed by atoms with Gasteiger partial charge in [-0.1, -0.05) is 77.6 Å². The minimum atomic E-state index is 0.365. The van der Waals surface area contributed by atoms with Gasteiger partial charge in [0.2, 0.25) is 0 Å². The third kappa shape index (κ3) is 8.37. The molecule has 0 atom stereocenters. The number of rotatable bonds is 9. The van der Waals surface area contributed by atoms with E-state index in [1.165, 1.54) is 43.2 Å². The summed E-state index contributed by atoms with van der Waals surface area (Å²) < 4.78 is 0. The summed E-state index contributed by atoms with van der Waals surface area (Å²) >= 11 is 0. The fourth-order valence-corrected chi connectivity index (χ4v) is 2.41. The fraction of sp³-hybridized carbons (Fsp3) is 0.684. The molecular weight excluding hydrogens is 242 g/mol. The summed E-state index contributed by atoms with van der Waals surface area (Å²) in [5.41, 5.74) is 3.14. The van der Waals surface area contributed by atoms with Gasteiger partial charge in [-0.15, -0.1) is 0 Å². The van der Waals surface area contributed by atoms with Crippen LogP contribution < -0.4 is 5.32 Å². The van der Waals surface area contributed by atoms with E-state index in [2.05, 4.69) is 57.3 Å². The number of hydrogen-bond acceptors (Lipinski definition) is 0. The molecule has 1 aromatic rings. The van der Waals surface area contributed by atoms with Crippen LogP contribution in [0.4, 0.5) is 0 Å². The van der Waals surface area contributed by atoms with Gasteiger partial charge in [-0.25, -0.2) is 5.32 Å². The van der Waals surface area contributed by atoms with Crippen LogP contribution in [0.1, 0.15) is 70.9 Å². The molecule has 0 unspecified atom stereocenters. The molecule has 0 N–H and O–H groups in total. The lowest BCUT2D eigenvalue weighted by molar-refractivity contribution is 0.411.